The maximum Gasteiger partial charge on any atom is 0.407 e. The van der Waals surface area contributed by atoms with Crippen LogP contribution in [0.25, 0.3) is 11.1 Å². The Morgan fingerprint density at radius 2 is 1.46 bits per heavy atom. The highest BCUT2D eigenvalue weighted by molar-refractivity contribution is 5.83. The summed E-state index contributed by atoms with van der Waals surface area (Å²) in [6.45, 7) is 0.473. The van der Waals surface area contributed by atoms with Crippen LogP contribution in [0, 0.1) is 0 Å². The standard InChI is InChI=1S/C28H28N2O5/c31-26(30-25(27(32)33)17-19-9-2-1-3-10-19)15-8-16-29-28(34)35-18-24-22-13-6-4-11-20(22)21-12-5-7-14-23(21)24/h1-7,9-14,24-25H,8,15-18H2,(H,29,34)(H,30,31)(H,32,33)/t25-/m1/s1. The van der Waals surface area contributed by atoms with Crippen LogP contribution in [0.5, 0.6) is 0 Å². The lowest BCUT2D eigenvalue weighted by atomic mass is 9.98. The van der Waals surface area contributed by atoms with Crippen LogP contribution in [-0.4, -0.2) is 42.3 Å². The molecule has 0 heterocycles. The van der Waals surface area contributed by atoms with E-state index in [2.05, 4.69) is 34.9 Å². The number of carboxylic acid groups (broad SMARTS) is 1. The predicted molar refractivity (Wildman–Crippen MR) is 132 cm³/mol. The highest BCUT2D eigenvalue weighted by Crippen LogP contribution is 2.44. The SMILES string of the molecule is O=C(CCCNC(=O)OCC1c2ccccc2-c2ccccc21)N[C@H](Cc1ccccc1)C(=O)O. The van der Waals surface area contributed by atoms with Crippen molar-refractivity contribution in [2.75, 3.05) is 13.2 Å². The van der Waals surface area contributed by atoms with Gasteiger partial charge in [-0.1, -0.05) is 78.9 Å². The second-order valence-corrected chi connectivity index (χ2v) is 8.50. The minimum atomic E-state index is -1.08. The maximum absolute atomic E-state index is 12.2. The van der Waals surface area contributed by atoms with E-state index in [1.165, 1.54) is 0 Å². The largest absolute Gasteiger partial charge is 0.480 e. The summed E-state index contributed by atoms with van der Waals surface area (Å²) in [5, 5.41) is 14.6. The van der Waals surface area contributed by atoms with Gasteiger partial charge in [0.1, 0.15) is 12.6 Å². The van der Waals surface area contributed by atoms with Crippen molar-refractivity contribution in [2.45, 2.75) is 31.2 Å². The van der Waals surface area contributed by atoms with Crippen LogP contribution < -0.4 is 10.6 Å². The van der Waals surface area contributed by atoms with E-state index >= 15 is 0 Å². The zero-order chi connectivity index (χ0) is 24.6. The van der Waals surface area contributed by atoms with Crippen molar-refractivity contribution >= 4 is 18.0 Å². The molecule has 7 nitrogen and oxygen atoms in total. The summed E-state index contributed by atoms with van der Waals surface area (Å²) in [6, 6.07) is 24.4. The van der Waals surface area contributed by atoms with Gasteiger partial charge in [-0.3, -0.25) is 4.79 Å². The molecule has 0 radical (unpaired) electrons. The number of benzene rings is 3. The van der Waals surface area contributed by atoms with Gasteiger partial charge in [-0.25, -0.2) is 9.59 Å². The number of hydrogen-bond acceptors (Lipinski definition) is 4. The van der Waals surface area contributed by atoms with Crippen LogP contribution in [0.2, 0.25) is 0 Å². The van der Waals surface area contributed by atoms with Gasteiger partial charge in [0.2, 0.25) is 5.91 Å². The van der Waals surface area contributed by atoms with Crippen molar-refractivity contribution in [3.63, 3.8) is 0 Å². The molecular weight excluding hydrogens is 444 g/mol. The third kappa shape index (κ3) is 6.06. The number of fused-ring (bicyclic) bond motifs is 3. The first kappa shape index (κ1) is 24.0. The number of carboxylic acids is 1. The van der Waals surface area contributed by atoms with Crippen molar-refractivity contribution in [3.8, 4) is 11.1 Å². The molecule has 4 rings (SSSR count). The average Bonchev–Trinajstić information content (AvgIpc) is 3.19. The third-order valence-corrected chi connectivity index (χ3v) is 6.11. The molecule has 1 aliphatic rings. The summed E-state index contributed by atoms with van der Waals surface area (Å²) in [4.78, 5) is 35.9. The van der Waals surface area contributed by atoms with E-state index < -0.39 is 18.1 Å². The number of alkyl carbamates (subject to hydrolysis) is 1. The topological polar surface area (TPSA) is 105 Å². The second kappa shape index (κ2) is 11.3. The Labute approximate surface area is 204 Å². The van der Waals surface area contributed by atoms with Crippen molar-refractivity contribution in [3.05, 3.63) is 95.6 Å². The number of carbonyl (C=O) groups is 3. The number of carbonyl (C=O) groups excluding carboxylic acids is 2. The fourth-order valence-electron chi connectivity index (χ4n) is 4.41. The van der Waals surface area contributed by atoms with E-state index in [1.54, 1.807) is 0 Å². The molecule has 3 N–H and O–H groups in total. The molecule has 0 saturated heterocycles. The zero-order valence-corrected chi connectivity index (χ0v) is 19.3. The van der Waals surface area contributed by atoms with Gasteiger partial charge in [0.25, 0.3) is 0 Å². The average molecular weight is 473 g/mol. The van der Waals surface area contributed by atoms with Crippen LogP contribution >= 0.6 is 0 Å². The molecular formula is C28H28N2O5. The molecule has 180 valence electrons. The predicted octanol–water partition coefficient (Wildman–Crippen LogP) is 4.12. The van der Waals surface area contributed by atoms with Crippen LogP contribution in [0.4, 0.5) is 4.79 Å². The lowest BCUT2D eigenvalue weighted by Crippen LogP contribution is -2.42. The molecule has 3 aromatic carbocycles. The number of nitrogens with one attached hydrogen (secondary N) is 2. The molecule has 3 aromatic rings. The molecule has 0 bridgehead atoms. The van der Waals surface area contributed by atoms with E-state index in [9.17, 15) is 19.5 Å². The summed E-state index contributed by atoms with van der Waals surface area (Å²) in [5.74, 6) is -1.47. The Hall–Kier alpha value is -4.13. The van der Waals surface area contributed by atoms with Gasteiger partial charge in [0, 0.05) is 25.3 Å². The number of rotatable bonds is 10. The first-order chi connectivity index (χ1) is 17.0. The van der Waals surface area contributed by atoms with Crippen LogP contribution in [0.15, 0.2) is 78.9 Å². The van der Waals surface area contributed by atoms with Crippen LogP contribution in [-0.2, 0) is 20.7 Å². The molecule has 1 aliphatic carbocycles. The van der Waals surface area contributed by atoms with E-state index in [4.69, 9.17) is 4.74 Å². The molecule has 0 aliphatic heterocycles. The molecule has 1 atom stereocenters. The molecule has 0 fully saturated rings. The van der Waals surface area contributed by atoms with Crippen molar-refractivity contribution in [1.29, 1.82) is 0 Å². The third-order valence-electron chi connectivity index (χ3n) is 6.11. The van der Waals surface area contributed by atoms with Gasteiger partial charge in [0.15, 0.2) is 0 Å². The van der Waals surface area contributed by atoms with Gasteiger partial charge in [-0.15, -0.1) is 0 Å². The van der Waals surface area contributed by atoms with Gasteiger partial charge >= 0.3 is 12.1 Å². The summed E-state index contributed by atoms with van der Waals surface area (Å²) < 4.78 is 5.48. The Kier molecular flexibility index (Phi) is 7.77. The summed E-state index contributed by atoms with van der Waals surface area (Å²) >= 11 is 0. The normalized spacial score (nSPS) is 12.8. The lowest BCUT2D eigenvalue weighted by Gasteiger charge is -2.15. The molecule has 0 aromatic heterocycles. The van der Waals surface area contributed by atoms with E-state index in [1.807, 2.05) is 54.6 Å². The quantitative estimate of drug-likeness (QED) is 0.385. The zero-order valence-electron chi connectivity index (χ0n) is 19.3. The van der Waals surface area contributed by atoms with E-state index in [0.29, 0.717) is 6.42 Å². The van der Waals surface area contributed by atoms with E-state index in [-0.39, 0.29) is 37.8 Å². The molecule has 0 unspecified atom stereocenters. The molecule has 0 spiro atoms. The minimum absolute atomic E-state index is 0.0171. The van der Waals surface area contributed by atoms with Gasteiger partial charge in [-0.2, -0.15) is 0 Å². The minimum Gasteiger partial charge on any atom is -0.480 e. The molecule has 35 heavy (non-hydrogen) atoms. The Bertz CT molecular complexity index is 1150. The number of hydrogen-bond donors (Lipinski definition) is 3. The van der Waals surface area contributed by atoms with E-state index in [0.717, 1.165) is 27.8 Å². The van der Waals surface area contributed by atoms with Gasteiger partial charge < -0.3 is 20.5 Å². The van der Waals surface area contributed by atoms with Crippen LogP contribution in [0.3, 0.4) is 0 Å². The summed E-state index contributed by atoms with van der Waals surface area (Å²) in [5.41, 5.74) is 5.44. The van der Waals surface area contributed by atoms with Crippen molar-refractivity contribution < 1.29 is 24.2 Å². The second-order valence-electron chi connectivity index (χ2n) is 8.50. The lowest BCUT2D eigenvalue weighted by molar-refractivity contribution is -0.141. The first-order valence-corrected chi connectivity index (χ1v) is 11.7. The summed E-state index contributed by atoms with van der Waals surface area (Å²) in [7, 11) is 0. The highest BCUT2D eigenvalue weighted by Gasteiger charge is 2.29. The highest BCUT2D eigenvalue weighted by atomic mass is 16.5. The summed E-state index contributed by atoms with van der Waals surface area (Å²) in [6.07, 6.45) is 0.135. The Morgan fingerprint density at radius 3 is 2.09 bits per heavy atom. The number of amides is 2. The van der Waals surface area contributed by atoms with Crippen molar-refractivity contribution in [2.24, 2.45) is 0 Å². The first-order valence-electron chi connectivity index (χ1n) is 11.7. The van der Waals surface area contributed by atoms with Gasteiger partial charge in [-0.05, 0) is 34.2 Å². The molecule has 2 amide bonds. The molecule has 0 saturated carbocycles. The smallest absolute Gasteiger partial charge is 0.407 e. The number of aliphatic carboxylic acids is 1. The van der Waals surface area contributed by atoms with Crippen LogP contribution in [0.1, 0.15) is 35.4 Å². The Morgan fingerprint density at radius 1 is 0.857 bits per heavy atom. The Balaban J connectivity index is 1.19. The number of ether oxygens (including phenoxy) is 1. The fourth-order valence-corrected chi connectivity index (χ4v) is 4.41. The fraction of sp³-hybridized carbons (Fsp3) is 0.250. The van der Waals surface area contributed by atoms with Crippen molar-refractivity contribution in [1.82, 2.24) is 10.6 Å². The molecule has 7 heteroatoms. The van der Waals surface area contributed by atoms with Gasteiger partial charge in [0.05, 0.1) is 0 Å². The maximum atomic E-state index is 12.2. The monoisotopic (exact) mass is 472 g/mol.